The van der Waals surface area contributed by atoms with Crippen LogP contribution in [0.15, 0.2) is 72.8 Å². The van der Waals surface area contributed by atoms with Gasteiger partial charge in [0.1, 0.15) is 0 Å². The van der Waals surface area contributed by atoms with Crippen LogP contribution in [0.4, 0.5) is 0 Å². The molecule has 0 amide bonds. The zero-order valence-electron chi connectivity index (χ0n) is 12.7. The Hall–Kier alpha value is -2.16. The molecular formula is C20H21NO. The summed E-state index contributed by atoms with van der Waals surface area (Å²) in [5.74, 6) is 0.0346. The third kappa shape index (κ3) is 3.03. The first-order chi connectivity index (χ1) is 10.8. The van der Waals surface area contributed by atoms with E-state index in [9.17, 15) is 5.11 Å². The van der Waals surface area contributed by atoms with Gasteiger partial charge in [-0.05, 0) is 35.0 Å². The SMILES string of the molecule is CNCC(c1ccccc1)C(O)c1ccc2ccccc2c1. The molecule has 0 fully saturated rings. The fraction of sp³-hybridized carbons (Fsp3) is 0.200. The molecule has 0 aliphatic carbocycles. The second kappa shape index (κ2) is 6.73. The first kappa shape index (κ1) is 14.8. The summed E-state index contributed by atoms with van der Waals surface area (Å²) in [5, 5.41) is 16.4. The Morgan fingerprint density at radius 1 is 0.818 bits per heavy atom. The van der Waals surface area contributed by atoms with Crippen molar-refractivity contribution < 1.29 is 5.11 Å². The van der Waals surface area contributed by atoms with E-state index in [2.05, 4.69) is 41.7 Å². The Morgan fingerprint density at radius 3 is 2.23 bits per heavy atom. The molecule has 2 nitrogen and oxygen atoms in total. The van der Waals surface area contributed by atoms with Crippen LogP contribution in [0, 0.1) is 0 Å². The lowest BCUT2D eigenvalue weighted by Crippen LogP contribution is -2.23. The molecule has 0 bridgehead atoms. The van der Waals surface area contributed by atoms with Crippen LogP contribution < -0.4 is 5.32 Å². The highest BCUT2D eigenvalue weighted by Gasteiger charge is 2.22. The fourth-order valence-corrected chi connectivity index (χ4v) is 2.96. The summed E-state index contributed by atoms with van der Waals surface area (Å²) in [5.41, 5.74) is 2.11. The highest BCUT2D eigenvalue weighted by atomic mass is 16.3. The average molecular weight is 291 g/mol. The molecular weight excluding hydrogens is 270 g/mol. The molecule has 2 heteroatoms. The lowest BCUT2D eigenvalue weighted by molar-refractivity contribution is 0.144. The van der Waals surface area contributed by atoms with Crippen LogP contribution in [-0.2, 0) is 0 Å². The van der Waals surface area contributed by atoms with Crippen molar-refractivity contribution in [2.24, 2.45) is 0 Å². The Balaban J connectivity index is 1.96. The third-order valence-electron chi connectivity index (χ3n) is 4.15. The summed E-state index contributed by atoms with van der Waals surface area (Å²) in [4.78, 5) is 0. The molecule has 3 rings (SSSR count). The number of aliphatic hydroxyl groups is 1. The van der Waals surface area contributed by atoms with Crippen LogP contribution in [0.25, 0.3) is 10.8 Å². The lowest BCUT2D eigenvalue weighted by atomic mass is 9.88. The van der Waals surface area contributed by atoms with Crippen LogP contribution in [0.2, 0.25) is 0 Å². The van der Waals surface area contributed by atoms with E-state index in [1.54, 1.807) is 0 Å². The lowest BCUT2D eigenvalue weighted by Gasteiger charge is -2.24. The molecule has 2 atom stereocenters. The van der Waals surface area contributed by atoms with Gasteiger partial charge in [0.15, 0.2) is 0 Å². The number of likely N-dealkylation sites (N-methyl/N-ethyl adjacent to an activating group) is 1. The standard InChI is InChI=1S/C20H21NO/c1-21-14-19(16-8-3-2-4-9-16)20(22)18-12-11-15-7-5-6-10-17(15)13-18/h2-13,19-22H,14H2,1H3. The van der Waals surface area contributed by atoms with Gasteiger partial charge in [-0.25, -0.2) is 0 Å². The number of fused-ring (bicyclic) bond motifs is 1. The Kier molecular flexibility index (Phi) is 4.52. The van der Waals surface area contributed by atoms with Crippen molar-refractivity contribution in [3.63, 3.8) is 0 Å². The summed E-state index contributed by atoms with van der Waals surface area (Å²) in [6.45, 7) is 0.734. The minimum absolute atomic E-state index is 0.0346. The summed E-state index contributed by atoms with van der Waals surface area (Å²) >= 11 is 0. The number of aliphatic hydroxyl groups excluding tert-OH is 1. The fourth-order valence-electron chi connectivity index (χ4n) is 2.96. The normalized spacial score (nSPS) is 13.9. The predicted molar refractivity (Wildman–Crippen MR) is 92.0 cm³/mol. The van der Waals surface area contributed by atoms with E-state index in [1.807, 2.05) is 43.4 Å². The van der Waals surface area contributed by atoms with E-state index >= 15 is 0 Å². The molecule has 0 aromatic heterocycles. The van der Waals surface area contributed by atoms with Crippen LogP contribution in [0.5, 0.6) is 0 Å². The number of rotatable bonds is 5. The van der Waals surface area contributed by atoms with Gasteiger partial charge in [0.25, 0.3) is 0 Å². The van der Waals surface area contributed by atoms with Crippen molar-refractivity contribution in [1.82, 2.24) is 5.32 Å². The highest BCUT2D eigenvalue weighted by Crippen LogP contribution is 2.32. The number of hydrogen-bond acceptors (Lipinski definition) is 2. The van der Waals surface area contributed by atoms with Crippen LogP contribution in [-0.4, -0.2) is 18.7 Å². The summed E-state index contributed by atoms with van der Waals surface area (Å²) in [6.07, 6.45) is -0.528. The van der Waals surface area contributed by atoms with Gasteiger partial charge < -0.3 is 10.4 Å². The van der Waals surface area contributed by atoms with Gasteiger partial charge in [-0.2, -0.15) is 0 Å². The Labute approximate surface area is 131 Å². The van der Waals surface area contributed by atoms with Crippen LogP contribution in [0.1, 0.15) is 23.1 Å². The summed E-state index contributed by atoms with van der Waals surface area (Å²) in [7, 11) is 1.92. The first-order valence-electron chi connectivity index (χ1n) is 7.66. The molecule has 0 spiro atoms. The Bertz CT molecular complexity index is 739. The largest absolute Gasteiger partial charge is 0.388 e. The Morgan fingerprint density at radius 2 is 1.50 bits per heavy atom. The second-order valence-electron chi connectivity index (χ2n) is 5.63. The first-order valence-corrected chi connectivity index (χ1v) is 7.66. The maximum atomic E-state index is 10.9. The molecule has 0 aliphatic heterocycles. The molecule has 0 radical (unpaired) electrons. The molecule has 0 aliphatic rings. The molecule has 3 aromatic carbocycles. The van der Waals surface area contributed by atoms with Crippen molar-refractivity contribution in [3.8, 4) is 0 Å². The molecule has 0 saturated carbocycles. The van der Waals surface area contributed by atoms with Gasteiger partial charge in [-0.15, -0.1) is 0 Å². The van der Waals surface area contributed by atoms with E-state index in [4.69, 9.17) is 0 Å². The molecule has 22 heavy (non-hydrogen) atoms. The zero-order chi connectivity index (χ0) is 15.4. The van der Waals surface area contributed by atoms with Gasteiger partial charge in [0.2, 0.25) is 0 Å². The van der Waals surface area contributed by atoms with E-state index in [0.29, 0.717) is 0 Å². The van der Waals surface area contributed by atoms with Gasteiger partial charge >= 0.3 is 0 Å². The topological polar surface area (TPSA) is 32.3 Å². The molecule has 2 unspecified atom stereocenters. The third-order valence-corrected chi connectivity index (χ3v) is 4.15. The maximum Gasteiger partial charge on any atom is 0.0870 e. The van der Waals surface area contributed by atoms with Crippen molar-refractivity contribution in [2.75, 3.05) is 13.6 Å². The smallest absolute Gasteiger partial charge is 0.0870 e. The summed E-state index contributed by atoms with van der Waals surface area (Å²) in [6, 6.07) is 24.6. The van der Waals surface area contributed by atoms with Gasteiger partial charge in [0, 0.05) is 12.5 Å². The van der Waals surface area contributed by atoms with E-state index in [1.165, 1.54) is 5.39 Å². The molecule has 0 heterocycles. The van der Waals surface area contributed by atoms with E-state index in [-0.39, 0.29) is 5.92 Å². The van der Waals surface area contributed by atoms with Gasteiger partial charge in [-0.1, -0.05) is 66.7 Å². The monoisotopic (exact) mass is 291 g/mol. The van der Waals surface area contributed by atoms with Crippen molar-refractivity contribution in [3.05, 3.63) is 83.9 Å². The molecule has 112 valence electrons. The summed E-state index contributed by atoms with van der Waals surface area (Å²) < 4.78 is 0. The molecule has 0 saturated heterocycles. The number of hydrogen-bond donors (Lipinski definition) is 2. The van der Waals surface area contributed by atoms with Gasteiger partial charge in [0.05, 0.1) is 6.10 Å². The minimum Gasteiger partial charge on any atom is -0.388 e. The maximum absolute atomic E-state index is 10.9. The van der Waals surface area contributed by atoms with Crippen molar-refractivity contribution >= 4 is 10.8 Å². The molecule has 2 N–H and O–H groups in total. The highest BCUT2D eigenvalue weighted by molar-refractivity contribution is 5.83. The van der Waals surface area contributed by atoms with Crippen LogP contribution in [0.3, 0.4) is 0 Å². The number of benzene rings is 3. The minimum atomic E-state index is -0.528. The second-order valence-corrected chi connectivity index (χ2v) is 5.63. The quantitative estimate of drug-likeness (QED) is 0.748. The predicted octanol–water partition coefficient (Wildman–Crippen LogP) is 3.88. The van der Waals surface area contributed by atoms with Crippen LogP contribution >= 0.6 is 0 Å². The van der Waals surface area contributed by atoms with Crippen molar-refractivity contribution in [1.29, 1.82) is 0 Å². The van der Waals surface area contributed by atoms with E-state index < -0.39 is 6.10 Å². The number of nitrogens with one attached hydrogen (secondary N) is 1. The van der Waals surface area contributed by atoms with E-state index in [0.717, 1.165) is 23.1 Å². The average Bonchev–Trinajstić information content (AvgIpc) is 2.59. The zero-order valence-corrected chi connectivity index (χ0v) is 12.7. The molecule has 3 aromatic rings. The van der Waals surface area contributed by atoms with Gasteiger partial charge in [-0.3, -0.25) is 0 Å². The van der Waals surface area contributed by atoms with Crippen molar-refractivity contribution in [2.45, 2.75) is 12.0 Å².